The highest BCUT2D eigenvalue weighted by Gasteiger charge is 2.17. The summed E-state index contributed by atoms with van der Waals surface area (Å²) in [6.07, 6.45) is 9.73. The van der Waals surface area contributed by atoms with E-state index in [1.165, 1.54) is 25.9 Å². The number of likely N-dealkylation sites (tertiary alicyclic amines) is 1. The van der Waals surface area contributed by atoms with Gasteiger partial charge in [0.25, 0.3) is 0 Å². The lowest BCUT2D eigenvalue weighted by molar-refractivity contribution is 0.237. The molecule has 5 aromatic heterocycles. The van der Waals surface area contributed by atoms with E-state index < -0.39 is 0 Å². The second-order valence-electron chi connectivity index (χ2n) is 9.50. The number of benzene rings is 1. The van der Waals surface area contributed by atoms with Crippen LogP contribution in [-0.4, -0.2) is 66.3 Å². The number of aromatic nitrogens is 7. The van der Waals surface area contributed by atoms with Crippen molar-refractivity contribution in [1.29, 1.82) is 0 Å². The third-order valence-corrected chi connectivity index (χ3v) is 7.02. The van der Waals surface area contributed by atoms with E-state index in [0.29, 0.717) is 12.4 Å². The molecule has 9 heteroatoms. The molecule has 9 nitrogen and oxygen atoms in total. The SMILES string of the molecule is c1ccc(-c2nccc3[nH]c(-c4n[nH]c5ccc(-c6cncc(OCCN7CCCC7)c6)cc45)nc23)nc1. The Morgan fingerprint density at radius 2 is 1.82 bits per heavy atom. The van der Waals surface area contributed by atoms with Crippen molar-refractivity contribution in [3.63, 3.8) is 0 Å². The normalized spacial score (nSPS) is 14.0. The standard InChI is InChI=1S/C29H26N8O/c1-2-9-31-24(5-1)27-28-25(8-10-32-27)33-29(34-28)26-22-16-19(6-7-23(22)35-36-26)20-15-21(18-30-17-20)38-14-13-37-11-3-4-12-37/h1-2,5-10,15-18H,3-4,11-14H2,(H,33,34)(H,35,36). The fourth-order valence-corrected chi connectivity index (χ4v) is 5.07. The molecule has 6 heterocycles. The number of hydrogen-bond donors (Lipinski definition) is 2. The highest BCUT2D eigenvalue weighted by Crippen LogP contribution is 2.32. The van der Waals surface area contributed by atoms with Crippen molar-refractivity contribution in [2.75, 3.05) is 26.2 Å². The first kappa shape index (κ1) is 22.6. The minimum Gasteiger partial charge on any atom is -0.491 e. The Labute approximate surface area is 219 Å². The molecule has 1 aromatic carbocycles. The van der Waals surface area contributed by atoms with Crippen molar-refractivity contribution < 1.29 is 4.74 Å². The van der Waals surface area contributed by atoms with Gasteiger partial charge in [-0.2, -0.15) is 5.10 Å². The lowest BCUT2D eigenvalue weighted by Gasteiger charge is -2.15. The molecule has 38 heavy (non-hydrogen) atoms. The van der Waals surface area contributed by atoms with Gasteiger partial charge in [-0.25, -0.2) is 4.98 Å². The third-order valence-electron chi connectivity index (χ3n) is 7.02. The molecular weight excluding hydrogens is 476 g/mol. The Balaban J connectivity index is 1.20. The summed E-state index contributed by atoms with van der Waals surface area (Å²) in [6.45, 7) is 3.95. The number of aromatic amines is 2. The highest BCUT2D eigenvalue weighted by molar-refractivity contribution is 5.97. The lowest BCUT2D eigenvalue weighted by atomic mass is 10.0. The monoisotopic (exact) mass is 502 g/mol. The molecule has 188 valence electrons. The van der Waals surface area contributed by atoms with Crippen LogP contribution in [0.3, 0.4) is 0 Å². The topological polar surface area (TPSA) is 108 Å². The van der Waals surface area contributed by atoms with Gasteiger partial charge in [0.15, 0.2) is 5.82 Å². The molecule has 0 amide bonds. The van der Waals surface area contributed by atoms with E-state index in [0.717, 1.165) is 62.4 Å². The second kappa shape index (κ2) is 9.68. The molecule has 1 fully saturated rings. The summed E-state index contributed by atoms with van der Waals surface area (Å²) in [4.78, 5) is 24.2. The van der Waals surface area contributed by atoms with Crippen LogP contribution in [0.4, 0.5) is 0 Å². The first-order chi connectivity index (χ1) is 18.8. The van der Waals surface area contributed by atoms with Crippen LogP contribution in [0.5, 0.6) is 5.75 Å². The first-order valence-electron chi connectivity index (χ1n) is 12.9. The summed E-state index contributed by atoms with van der Waals surface area (Å²) in [5.41, 5.74) is 6.85. The number of imidazole rings is 1. The lowest BCUT2D eigenvalue weighted by Crippen LogP contribution is -2.25. The molecule has 0 spiro atoms. The molecule has 0 radical (unpaired) electrons. The molecule has 6 aromatic rings. The van der Waals surface area contributed by atoms with Crippen molar-refractivity contribution in [2.45, 2.75) is 12.8 Å². The number of nitrogens with one attached hydrogen (secondary N) is 2. The van der Waals surface area contributed by atoms with Crippen LogP contribution in [0.15, 0.2) is 73.3 Å². The first-order valence-corrected chi connectivity index (χ1v) is 12.9. The van der Waals surface area contributed by atoms with Crippen LogP contribution < -0.4 is 4.74 Å². The van der Waals surface area contributed by atoms with Crippen LogP contribution in [0.1, 0.15) is 12.8 Å². The molecule has 0 unspecified atom stereocenters. The van der Waals surface area contributed by atoms with E-state index in [9.17, 15) is 0 Å². The van der Waals surface area contributed by atoms with Gasteiger partial charge in [-0.3, -0.25) is 25.0 Å². The van der Waals surface area contributed by atoms with Gasteiger partial charge < -0.3 is 9.72 Å². The minimum atomic E-state index is 0.664. The molecule has 0 aliphatic carbocycles. The molecular formula is C29H26N8O. The smallest absolute Gasteiger partial charge is 0.159 e. The largest absolute Gasteiger partial charge is 0.491 e. The minimum absolute atomic E-state index is 0.664. The maximum Gasteiger partial charge on any atom is 0.159 e. The van der Waals surface area contributed by atoms with Gasteiger partial charge in [-0.1, -0.05) is 12.1 Å². The molecule has 0 atom stereocenters. The fraction of sp³-hybridized carbons (Fsp3) is 0.207. The average molecular weight is 503 g/mol. The van der Waals surface area contributed by atoms with Crippen molar-refractivity contribution in [1.82, 2.24) is 40.0 Å². The quantitative estimate of drug-likeness (QED) is 0.313. The predicted molar refractivity (Wildman–Crippen MR) is 147 cm³/mol. The number of pyridine rings is 3. The van der Waals surface area contributed by atoms with Gasteiger partial charge in [0, 0.05) is 36.1 Å². The summed E-state index contributed by atoms with van der Waals surface area (Å²) in [5.74, 6) is 1.45. The van der Waals surface area contributed by atoms with Crippen LogP contribution in [0.25, 0.3) is 56.0 Å². The van der Waals surface area contributed by atoms with Gasteiger partial charge in [-0.15, -0.1) is 0 Å². The number of ether oxygens (including phenoxy) is 1. The third kappa shape index (κ3) is 4.26. The number of hydrogen-bond acceptors (Lipinski definition) is 7. The Morgan fingerprint density at radius 3 is 2.71 bits per heavy atom. The van der Waals surface area contributed by atoms with E-state index in [4.69, 9.17) is 9.72 Å². The molecule has 1 aliphatic heterocycles. The Bertz CT molecular complexity index is 1720. The average Bonchev–Trinajstić information content (AvgIpc) is 3.73. The maximum atomic E-state index is 6.03. The van der Waals surface area contributed by atoms with Crippen LogP contribution in [-0.2, 0) is 0 Å². The van der Waals surface area contributed by atoms with Gasteiger partial charge in [0.05, 0.1) is 22.9 Å². The molecule has 1 saturated heterocycles. The van der Waals surface area contributed by atoms with Gasteiger partial charge in [0.1, 0.15) is 29.3 Å². The number of rotatable bonds is 7. The zero-order valence-electron chi connectivity index (χ0n) is 20.8. The highest BCUT2D eigenvalue weighted by atomic mass is 16.5. The van der Waals surface area contributed by atoms with Crippen LogP contribution >= 0.6 is 0 Å². The van der Waals surface area contributed by atoms with Gasteiger partial charge in [-0.05, 0) is 67.9 Å². The van der Waals surface area contributed by atoms with E-state index in [-0.39, 0.29) is 0 Å². The Morgan fingerprint density at radius 1 is 0.868 bits per heavy atom. The van der Waals surface area contributed by atoms with Crippen molar-refractivity contribution in [3.8, 4) is 39.8 Å². The fourth-order valence-electron chi connectivity index (χ4n) is 5.07. The summed E-state index contributed by atoms with van der Waals surface area (Å²) in [6, 6.07) is 15.9. The van der Waals surface area contributed by atoms with E-state index in [1.807, 2.05) is 42.6 Å². The molecule has 2 N–H and O–H groups in total. The summed E-state index contributed by atoms with van der Waals surface area (Å²) >= 11 is 0. The Hall–Kier alpha value is -4.63. The Kier molecular flexibility index (Phi) is 5.75. The molecule has 7 rings (SSSR count). The van der Waals surface area contributed by atoms with Crippen LogP contribution in [0, 0.1) is 0 Å². The van der Waals surface area contributed by atoms with E-state index in [1.54, 1.807) is 18.6 Å². The molecule has 1 aliphatic rings. The number of H-pyrrole nitrogens is 2. The number of nitrogens with zero attached hydrogens (tertiary/aromatic N) is 6. The van der Waals surface area contributed by atoms with E-state index >= 15 is 0 Å². The second-order valence-corrected chi connectivity index (χ2v) is 9.50. The zero-order chi connectivity index (χ0) is 25.3. The van der Waals surface area contributed by atoms with Gasteiger partial charge in [0.2, 0.25) is 0 Å². The van der Waals surface area contributed by atoms with Crippen molar-refractivity contribution in [2.24, 2.45) is 0 Å². The predicted octanol–water partition coefficient (Wildman–Crippen LogP) is 5.10. The molecule has 0 saturated carbocycles. The van der Waals surface area contributed by atoms with Gasteiger partial charge >= 0.3 is 0 Å². The molecule has 0 bridgehead atoms. The van der Waals surface area contributed by atoms with E-state index in [2.05, 4.69) is 47.2 Å². The summed E-state index contributed by atoms with van der Waals surface area (Å²) in [7, 11) is 0. The van der Waals surface area contributed by atoms with Crippen molar-refractivity contribution >= 4 is 21.9 Å². The van der Waals surface area contributed by atoms with Crippen molar-refractivity contribution in [3.05, 3.63) is 73.3 Å². The zero-order valence-corrected chi connectivity index (χ0v) is 20.8. The van der Waals surface area contributed by atoms with Crippen LogP contribution in [0.2, 0.25) is 0 Å². The number of fused-ring (bicyclic) bond motifs is 2. The summed E-state index contributed by atoms with van der Waals surface area (Å²) < 4.78 is 6.03. The maximum absolute atomic E-state index is 6.03. The summed E-state index contributed by atoms with van der Waals surface area (Å²) in [5, 5.41) is 8.70.